The highest BCUT2D eigenvalue weighted by Gasteiger charge is 2.52. The molecule has 5 rings (SSSR count). The van der Waals surface area contributed by atoms with Gasteiger partial charge in [0.1, 0.15) is 72.2 Å². The molecule has 3 aliphatic rings. The Hall–Kier alpha value is -2.94. The van der Waals surface area contributed by atoms with Crippen molar-refractivity contribution in [2.45, 2.75) is 106 Å². The number of phenols is 1. The Morgan fingerprint density at radius 1 is 0.653 bits per heavy atom. The van der Waals surface area contributed by atoms with Gasteiger partial charge < -0.3 is 79.1 Å². The zero-order chi connectivity index (χ0) is 35.6. The smallest absolute Gasteiger partial charge is 0.229 e. The Kier molecular flexibility index (Phi) is 12.1. The second-order valence-electron chi connectivity index (χ2n) is 12.3. The molecule has 3 heterocycles. The number of aliphatic hydroxyl groups excluding tert-OH is 8. The molecule has 272 valence electrons. The van der Waals surface area contributed by atoms with Gasteiger partial charge >= 0.3 is 0 Å². The van der Waals surface area contributed by atoms with E-state index >= 15 is 0 Å². The van der Waals surface area contributed by atoms with E-state index in [0.29, 0.717) is 11.3 Å². The van der Waals surface area contributed by atoms with Crippen molar-refractivity contribution >= 4 is 12.2 Å². The number of hydrogen-bond donors (Lipinski definition) is 9. The molecule has 0 bridgehead atoms. The first-order chi connectivity index (χ1) is 23.3. The number of aromatic hydroxyl groups is 1. The maximum absolute atomic E-state index is 11.3. The van der Waals surface area contributed by atoms with Gasteiger partial charge in [0, 0.05) is 11.6 Å². The van der Waals surface area contributed by atoms with Crippen LogP contribution in [0.25, 0.3) is 12.2 Å². The highest BCUT2D eigenvalue weighted by molar-refractivity contribution is 5.73. The van der Waals surface area contributed by atoms with Crippen LogP contribution in [0.3, 0.4) is 0 Å². The van der Waals surface area contributed by atoms with Gasteiger partial charge in [-0.3, -0.25) is 0 Å². The molecule has 2 aromatic carbocycles. The van der Waals surface area contributed by atoms with Gasteiger partial charge in [-0.2, -0.15) is 0 Å². The molecule has 0 radical (unpaired) electrons. The maximum atomic E-state index is 11.3. The summed E-state index contributed by atoms with van der Waals surface area (Å²) in [6, 6.07) is 11.4. The van der Waals surface area contributed by atoms with E-state index in [1.807, 2.05) is 6.08 Å². The molecular weight excluding hydrogens is 652 g/mol. The van der Waals surface area contributed by atoms with Crippen LogP contribution < -0.4 is 9.47 Å². The fourth-order valence-corrected chi connectivity index (χ4v) is 5.71. The Bertz CT molecular complexity index is 1390. The lowest BCUT2D eigenvalue weighted by Crippen LogP contribution is -2.65. The third-order valence-corrected chi connectivity index (χ3v) is 8.78. The summed E-state index contributed by atoms with van der Waals surface area (Å²) in [6.45, 7) is 2.43. The van der Waals surface area contributed by atoms with Crippen LogP contribution in [0, 0.1) is 0 Å². The van der Waals surface area contributed by atoms with Crippen molar-refractivity contribution in [3.05, 3.63) is 53.6 Å². The second kappa shape index (κ2) is 15.9. The largest absolute Gasteiger partial charge is 0.508 e. The summed E-state index contributed by atoms with van der Waals surface area (Å²) in [7, 11) is 1.45. The SMILES string of the molecule is COc1cc(O[C@@H]2O[C@H](CO[C@@H]3O[C@@H](C)[C@H](O)[C@@H](O)[C@H]3O)[C@@H](O)[C@H](O)[C@H]2O[C@@H]2O[C@@H](C)[C@H](O)[C@@H](O)[C@H]2O)ccc1/C=C/c1ccc(O)cc1. The summed E-state index contributed by atoms with van der Waals surface area (Å²) < 4.78 is 40.1. The summed E-state index contributed by atoms with van der Waals surface area (Å²) in [5, 5.41) is 93.3. The summed E-state index contributed by atoms with van der Waals surface area (Å²) in [4.78, 5) is 0. The highest BCUT2D eigenvalue weighted by atomic mass is 16.8. The third-order valence-electron chi connectivity index (χ3n) is 8.78. The molecular formula is C33H44O16. The van der Waals surface area contributed by atoms with Crippen molar-refractivity contribution in [1.29, 1.82) is 0 Å². The van der Waals surface area contributed by atoms with Crippen molar-refractivity contribution in [3.63, 3.8) is 0 Å². The quantitative estimate of drug-likeness (QED) is 0.128. The standard InChI is InChI=1S/C33H44O16/c1-14-22(35)25(38)28(41)31(45-14)44-13-21-24(37)27(40)30(49-32-29(42)26(39)23(36)15(2)46-32)33(48-21)47-19-11-8-17(20(12-19)43-3)7-4-16-5-9-18(34)10-6-16/h4-12,14-15,21-42H,13H2,1-3H3/b7-4+/t14-,15-,21+,22-,23-,24+,25+,26+,27-,28+,29+,30+,31+,32-,33+/m0/s1. The minimum atomic E-state index is -1.76. The van der Waals surface area contributed by atoms with E-state index < -0.39 is 98.7 Å². The van der Waals surface area contributed by atoms with Crippen molar-refractivity contribution in [2.75, 3.05) is 13.7 Å². The predicted octanol–water partition coefficient (Wildman–Crippen LogP) is -1.55. The molecule has 3 fully saturated rings. The van der Waals surface area contributed by atoms with Crippen LogP contribution >= 0.6 is 0 Å². The van der Waals surface area contributed by atoms with Gasteiger partial charge in [-0.1, -0.05) is 24.3 Å². The van der Waals surface area contributed by atoms with Crippen molar-refractivity contribution in [2.24, 2.45) is 0 Å². The maximum Gasteiger partial charge on any atom is 0.229 e. The summed E-state index contributed by atoms with van der Waals surface area (Å²) in [5.74, 6) is 0.693. The lowest BCUT2D eigenvalue weighted by atomic mass is 9.97. The predicted molar refractivity (Wildman–Crippen MR) is 167 cm³/mol. The van der Waals surface area contributed by atoms with E-state index in [1.165, 1.54) is 27.0 Å². The van der Waals surface area contributed by atoms with E-state index in [0.717, 1.165) is 5.56 Å². The van der Waals surface area contributed by atoms with Crippen molar-refractivity contribution < 1.29 is 79.1 Å². The number of phenolic OH excluding ortho intramolecular Hbond substituents is 1. The van der Waals surface area contributed by atoms with Gasteiger partial charge in [-0.15, -0.1) is 0 Å². The van der Waals surface area contributed by atoms with Gasteiger partial charge in [0.05, 0.1) is 25.9 Å². The Morgan fingerprint density at radius 2 is 1.27 bits per heavy atom. The molecule has 16 heteroatoms. The molecule has 3 saturated heterocycles. The summed E-state index contributed by atoms with van der Waals surface area (Å²) in [5.41, 5.74) is 1.48. The molecule has 3 aliphatic heterocycles. The molecule has 0 amide bonds. The van der Waals surface area contributed by atoms with E-state index in [-0.39, 0.29) is 11.5 Å². The number of aliphatic hydroxyl groups is 8. The summed E-state index contributed by atoms with van der Waals surface area (Å²) >= 11 is 0. The van der Waals surface area contributed by atoms with Crippen LogP contribution in [0.4, 0.5) is 0 Å². The average molecular weight is 697 g/mol. The Morgan fingerprint density at radius 3 is 1.90 bits per heavy atom. The number of hydrogen-bond acceptors (Lipinski definition) is 16. The molecule has 0 unspecified atom stereocenters. The van der Waals surface area contributed by atoms with E-state index in [1.54, 1.807) is 42.5 Å². The Labute approximate surface area is 281 Å². The van der Waals surface area contributed by atoms with Crippen LogP contribution in [0.2, 0.25) is 0 Å². The molecule has 0 aliphatic carbocycles. The van der Waals surface area contributed by atoms with E-state index in [9.17, 15) is 46.0 Å². The second-order valence-corrected chi connectivity index (χ2v) is 12.3. The van der Waals surface area contributed by atoms with Crippen LogP contribution in [-0.2, 0) is 23.7 Å². The normalized spacial score (nSPS) is 39.9. The van der Waals surface area contributed by atoms with Gasteiger partial charge in [-0.05, 0) is 43.7 Å². The number of methoxy groups -OCH3 is 1. The molecule has 49 heavy (non-hydrogen) atoms. The van der Waals surface area contributed by atoms with Crippen LogP contribution in [0.5, 0.6) is 17.2 Å². The third kappa shape index (κ3) is 8.34. The Balaban J connectivity index is 1.36. The van der Waals surface area contributed by atoms with Crippen molar-refractivity contribution in [3.8, 4) is 17.2 Å². The molecule has 0 saturated carbocycles. The zero-order valence-corrected chi connectivity index (χ0v) is 26.9. The topological polar surface area (TPSA) is 247 Å². The minimum absolute atomic E-state index is 0.135. The zero-order valence-electron chi connectivity index (χ0n) is 26.9. The van der Waals surface area contributed by atoms with Crippen LogP contribution in [0.15, 0.2) is 42.5 Å². The number of rotatable bonds is 10. The first-order valence-electron chi connectivity index (χ1n) is 15.8. The minimum Gasteiger partial charge on any atom is -0.508 e. The van der Waals surface area contributed by atoms with Crippen LogP contribution in [0.1, 0.15) is 25.0 Å². The molecule has 0 aromatic heterocycles. The fraction of sp³-hybridized carbons (Fsp3) is 0.576. The van der Waals surface area contributed by atoms with Gasteiger partial charge in [0.25, 0.3) is 0 Å². The van der Waals surface area contributed by atoms with Crippen molar-refractivity contribution in [1.82, 2.24) is 0 Å². The number of ether oxygens (including phenoxy) is 7. The molecule has 2 aromatic rings. The van der Waals surface area contributed by atoms with Gasteiger partial charge in [0.2, 0.25) is 6.29 Å². The highest BCUT2D eigenvalue weighted by Crippen LogP contribution is 2.34. The first-order valence-corrected chi connectivity index (χ1v) is 15.8. The average Bonchev–Trinajstić information content (AvgIpc) is 3.09. The molecule has 15 atom stereocenters. The lowest BCUT2D eigenvalue weighted by molar-refractivity contribution is -0.360. The van der Waals surface area contributed by atoms with Gasteiger partial charge in [0.15, 0.2) is 18.7 Å². The molecule has 16 nitrogen and oxygen atoms in total. The van der Waals surface area contributed by atoms with E-state index in [4.69, 9.17) is 33.2 Å². The molecule has 0 spiro atoms. The van der Waals surface area contributed by atoms with E-state index in [2.05, 4.69) is 0 Å². The lowest BCUT2D eigenvalue weighted by Gasteiger charge is -2.46. The summed E-state index contributed by atoms with van der Waals surface area (Å²) in [6.07, 6.45) is -18.5. The van der Waals surface area contributed by atoms with Crippen LogP contribution in [-0.4, -0.2) is 152 Å². The fourth-order valence-electron chi connectivity index (χ4n) is 5.71. The first kappa shape index (κ1) is 37.3. The molecule has 9 N–H and O–H groups in total. The van der Waals surface area contributed by atoms with Gasteiger partial charge in [-0.25, -0.2) is 0 Å². The monoisotopic (exact) mass is 696 g/mol. The number of benzene rings is 2.